The highest BCUT2D eigenvalue weighted by molar-refractivity contribution is 5.78. The highest BCUT2D eigenvalue weighted by Crippen LogP contribution is 2.10. The maximum atomic E-state index is 13.0. The summed E-state index contributed by atoms with van der Waals surface area (Å²) in [5.74, 6) is -0.433. The highest BCUT2D eigenvalue weighted by Gasteiger charge is 2.08. The summed E-state index contributed by atoms with van der Waals surface area (Å²) >= 11 is 0. The third-order valence-electron chi connectivity index (χ3n) is 3.64. The molecule has 1 amide bonds. The first-order valence-corrected chi connectivity index (χ1v) is 6.99. The fourth-order valence-corrected chi connectivity index (χ4v) is 2.20. The van der Waals surface area contributed by atoms with Gasteiger partial charge in [-0.2, -0.15) is 5.10 Å². The number of rotatable bonds is 5. The second-order valence-corrected chi connectivity index (χ2v) is 5.18. The quantitative estimate of drug-likeness (QED) is 0.918. The number of nitrogens with one attached hydrogen (secondary N) is 1. The molecule has 1 N–H and O–H groups in total. The number of aromatic nitrogens is 2. The van der Waals surface area contributed by atoms with E-state index in [1.807, 2.05) is 25.5 Å². The number of benzene rings is 1. The average molecular weight is 289 g/mol. The predicted octanol–water partition coefficient (Wildman–Crippen LogP) is 2.31. The molecule has 0 aliphatic heterocycles. The van der Waals surface area contributed by atoms with Crippen molar-refractivity contribution in [3.8, 4) is 0 Å². The molecule has 1 aromatic heterocycles. The van der Waals surface area contributed by atoms with Crippen LogP contribution in [0.3, 0.4) is 0 Å². The molecule has 2 rings (SSSR count). The van der Waals surface area contributed by atoms with Crippen molar-refractivity contribution < 1.29 is 9.18 Å². The van der Waals surface area contributed by atoms with E-state index < -0.39 is 0 Å². The molecule has 5 heteroatoms. The maximum absolute atomic E-state index is 13.0. The van der Waals surface area contributed by atoms with Crippen molar-refractivity contribution in [2.45, 2.75) is 33.7 Å². The summed E-state index contributed by atoms with van der Waals surface area (Å²) in [6.07, 6.45) is 0.188. The van der Waals surface area contributed by atoms with Gasteiger partial charge in [-0.15, -0.1) is 0 Å². The first kappa shape index (κ1) is 15.2. The van der Waals surface area contributed by atoms with Gasteiger partial charge in [0.25, 0.3) is 0 Å². The third kappa shape index (κ3) is 3.90. The van der Waals surface area contributed by atoms with Crippen LogP contribution in [0.4, 0.5) is 4.39 Å². The van der Waals surface area contributed by atoms with Crippen molar-refractivity contribution in [2.24, 2.45) is 0 Å². The molecule has 4 nitrogen and oxygen atoms in total. The van der Waals surface area contributed by atoms with Gasteiger partial charge in [-0.25, -0.2) is 4.39 Å². The van der Waals surface area contributed by atoms with Gasteiger partial charge in [-0.05, 0) is 44.0 Å². The predicted molar refractivity (Wildman–Crippen MR) is 79.6 cm³/mol. The molecule has 2 aromatic rings. The molecule has 1 heterocycles. The molecule has 1 aromatic carbocycles. The van der Waals surface area contributed by atoms with E-state index in [1.165, 1.54) is 17.7 Å². The largest absolute Gasteiger partial charge is 0.354 e. The van der Waals surface area contributed by atoms with E-state index in [0.29, 0.717) is 18.7 Å². The maximum Gasteiger partial charge on any atom is 0.224 e. The SMILES string of the molecule is Cc1nn(CCNC(=O)Cc2cccc(F)c2)c(C)c1C. The molecule has 0 aliphatic rings. The van der Waals surface area contributed by atoms with Gasteiger partial charge >= 0.3 is 0 Å². The lowest BCUT2D eigenvalue weighted by Gasteiger charge is -2.07. The number of aryl methyl sites for hydroxylation is 1. The van der Waals surface area contributed by atoms with Crippen molar-refractivity contribution in [1.29, 1.82) is 0 Å². The van der Waals surface area contributed by atoms with Crippen LogP contribution in [0.25, 0.3) is 0 Å². The molecular weight excluding hydrogens is 269 g/mol. The van der Waals surface area contributed by atoms with Gasteiger partial charge in [0.05, 0.1) is 18.7 Å². The zero-order valence-electron chi connectivity index (χ0n) is 12.6. The first-order valence-electron chi connectivity index (χ1n) is 6.99. The topological polar surface area (TPSA) is 46.9 Å². The minimum absolute atomic E-state index is 0.112. The second kappa shape index (κ2) is 6.52. The molecular formula is C16H20FN3O. The van der Waals surface area contributed by atoms with Gasteiger partial charge in [0.1, 0.15) is 5.82 Å². The number of nitrogens with zero attached hydrogens (tertiary/aromatic N) is 2. The second-order valence-electron chi connectivity index (χ2n) is 5.18. The summed E-state index contributed by atoms with van der Waals surface area (Å²) in [7, 11) is 0. The van der Waals surface area contributed by atoms with E-state index in [2.05, 4.69) is 10.4 Å². The summed E-state index contributed by atoms with van der Waals surface area (Å²) in [4.78, 5) is 11.8. The molecule has 112 valence electrons. The monoisotopic (exact) mass is 289 g/mol. The van der Waals surface area contributed by atoms with E-state index in [-0.39, 0.29) is 18.1 Å². The number of carbonyl (C=O) groups excluding carboxylic acids is 1. The Labute approximate surface area is 124 Å². The standard InChI is InChI=1S/C16H20FN3O/c1-11-12(2)19-20(13(11)3)8-7-18-16(21)10-14-5-4-6-15(17)9-14/h4-6,9H,7-8,10H2,1-3H3,(H,18,21). The lowest BCUT2D eigenvalue weighted by molar-refractivity contribution is -0.120. The molecule has 0 aliphatic carbocycles. The molecule has 21 heavy (non-hydrogen) atoms. The minimum atomic E-state index is -0.321. The van der Waals surface area contributed by atoms with Crippen LogP contribution in [0.15, 0.2) is 24.3 Å². The summed E-state index contributed by atoms with van der Waals surface area (Å²) in [6.45, 7) is 7.17. The fraction of sp³-hybridized carbons (Fsp3) is 0.375. The third-order valence-corrected chi connectivity index (χ3v) is 3.64. The molecule has 0 atom stereocenters. The summed E-state index contributed by atoms with van der Waals surface area (Å²) in [6, 6.07) is 6.10. The Morgan fingerprint density at radius 3 is 2.71 bits per heavy atom. The fourth-order valence-electron chi connectivity index (χ4n) is 2.20. The minimum Gasteiger partial charge on any atom is -0.354 e. The first-order chi connectivity index (χ1) is 9.97. The van der Waals surface area contributed by atoms with Crippen molar-refractivity contribution in [3.63, 3.8) is 0 Å². The van der Waals surface area contributed by atoms with Gasteiger partial charge in [-0.3, -0.25) is 9.48 Å². The van der Waals surface area contributed by atoms with Crippen molar-refractivity contribution in [2.75, 3.05) is 6.54 Å². The van der Waals surface area contributed by atoms with E-state index >= 15 is 0 Å². The van der Waals surface area contributed by atoms with Crippen molar-refractivity contribution in [1.82, 2.24) is 15.1 Å². The number of hydrogen-bond acceptors (Lipinski definition) is 2. The van der Waals surface area contributed by atoms with Crippen LogP contribution in [0.2, 0.25) is 0 Å². The van der Waals surface area contributed by atoms with E-state index in [1.54, 1.807) is 12.1 Å². The van der Waals surface area contributed by atoms with E-state index in [9.17, 15) is 9.18 Å². The van der Waals surface area contributed by atoms with Gasteiger partial charge in [0.15, 0.2) is 0 Å². The molecule has 0 spiro atoms. The number of hydrogen-bond donors (Lipinski definition) is 1. The smallest absolute Gasteiger partial charge is 0.224 e. The van der Waals surface area contributed by atoms with Crippen LogP contribution >= 0.6 is 0 Å². The number of amides is 1. The van der Waals surface area contributed by atoms with Crippen LogP contribution in [0.5, 0.6) is 0 Å². The van der Waals surface area contributed by atoms with Crippen LogP contribution in [-0.2, 0) is 17.8 Å². The number of halogens is 1. The Hall–Kier alpha value is -2.17. The molecule has 0 fully saturated rings. The Kier molecular flexibility index (Phi) is 4.73. The van der Waals surface area contributed by atoms with Gasteiger partial charge in [0.2, 0.25) is 5.91 Å². The Bertz CT molecular complexity index is 649. The normalized spacial score (nSPS) is 10.7. The van der Waals surface area contributed by atoms with Crippen molar-refractivity contribution in [3.05, 3.63) is 52.6 Å². The molecule has 0 bridgehead atoms. The lowest BCUT2D eigenvalue weighted by atomic mass is 10.1. The summed E-state index contributed by atoms with van der Waals surface area (Å²) < 4.78 is 14.9. The Balaban J connectivity index is 1.83. The molecule has 0 unspecified atom stereocenters. The van der Waals surface area contributed by atoms with Gasteiger partial charge < -0.3 is 5.32 Å². The van der Waals surface area contributed by atoms with E-state index in [0.717, 1.165) is 11.4 Å². The van der Waals surface area contributed by atoms with Gasteiger partial charge in [-0.1, -0.05) is 12.1 Å². The average Bonchev–Trinajstić information content (AvgIpc) is 2.66. The van der Waals surface area contributed by atoms with Crippen molar-refractivity contribution >= 4 is 5.91 Å². The lowest BCUT2D eigenvalue weighted by Crippen LogP contribution is -2.29. The summed E-state index contributed by atoms with van der Waals surface area (Å²) in [5.41, 5.74) is 3.99. The molecule has 0 saturated carbocycles. The number of carbonyl (C=O) groups is 1. The highest BCUT2D eigenvalue weighted by atomic mass is 19.1. The van der Waals surface area contributed by atoms with Crippen LogP contribution < -0.4 is 5.32 Å². The summed E-state index contributed by atoms with van der Waals surface area (Å²) in [5, 5.41) is 7.25. The Morgan fingerprint density at radius 1 is 1.33 bits per heavy atom. The van der Waals surface area contributed by atoms with Crippen LogP contribution in [0.1, 0.15) is 22.5 Å². The zero-order valence-corrected chi connectivity index (χ0v) is 12.6. The molecule has 0 saturated heterocycles. The zero-order chi connectivity index (χ0) is 15.4. The van der Waals surface area contributed by atoms with Crippen LogP contribution in [0, 0.1) is 26.6 Å². The van der Waals surface area contributed by atoms with E-state index in [4.69, 9.17) is 0 Å². The van der Waals surface area contributed by atoms with Gasteiger partial charge in [0, 0.05) is 12.2 Å². The Morgan fingerprint density at radius 2 is 2.10 bits per heavy atom. The molecule has 0 radical (unpaired) electrons. The van der Waals surface area contributed by atoms with Crippen LogP contribution in [-0.4, -0.2) is 22.2 Å².